The molecular weight excluding hydrogens is 276 g/mol. The number of carboxylic acid groups (broad SMARTS) is 1. The highest BCUT2D eigenvalue weighted by Gasteiger charge is 2.22. The van der Waals surface area contributed by atoms with Gasteiger partial charge in [0.15, 0.2) is 5.12 Å². The van der Waals surface area contributed by atoms with Gasteiger partial charge in [0, 0.05) is 6.92 Å². The molecule has 0 aromatic heterocycles. The molecule has 0 amide bonds. The highest BCUT2D eigenvalue weighted by Crippen LogP contribution is 2.32. The van der Waals surface area contributed by atoms with Crippen LogP contribution in [0.1, 0.15) is 17.7 Å². The van der Waals surface area contributed by atoms with Crippen molar-refractivity contribution in [2.45, 2.75) is 12.2 Å². The van der Waals surface area contributed by atoms with Gasteiger partial charge in [0.2, 0.25) is 0 Å². The molecule has 1 unspecified atom stereocenters. The fraction of sp³-hybridized carbons (Fsp3) is 0.200. The lowest BCUT2D eigenvalue weighted by Crippen LogP contribution is -2.09. The molecule has 1 atom stereocenters. The normalized spacial score (nSPS) is 12.1. The SMILES string of the molecule is COc1ccc2cc(C(SC(C)=O)C(=O)O)ccc2c1. The number of hydrogen-bond acceptors (Lipinski definition) is 4. The fourth-order valence-electron chi connectivity index (χ4n) is 1.96. The molecule has 4 nitrogen and oxygen atoms in total. The van der Waals surface area contributed by atoms with Gasteiger partial charge >= 0.3 is 5.97 Å². The Kier molecular flexibility index (Phi) is 4.29. The summed E-state index contributed by atoms with van der Waals surface area (Å²) < 4.78 is 5.15. The third-order valence-electron chi connectivity index (χ3n) is 2.88. The van der Waals surface area contributed by atoms with Gasteiger partial charge in [0.25, 0.3) is 0 Å². The van der Waals surface area contributed by atoms with Crippen LogP contribution >= 0.6 is 11.8 Å². The molecule has 20 heavy (non-hydrogen) atoms. The Morgan fingerprint density at radius 2 is 1.80 bits per heavy atom. The minimum absolute atomic E-state index is 0.216. The average Bonchev–Trinajstić information content (AvgIpc) is 2.43. The number of carbonyl (C=O) groups is 2. The number of aliphatic carboxylic acids is 1. The fourth-order valence-corrected chi connectivity index (χ4v) is 2.67. The van der Waals surface area contributed by atoms with E-state index in [1.807, 2.05) is 24.3 Å². The van der Waals surface area contributed by atoms with Crippen LogP contribution in [-0.2, 0) is 9.59 Å². The number of carbonyl (C=O) groups excluding carboxylic acids is 1. The zero-order valence-corrected chi connectivity index (χ0v) is 11.9. The van der Waals surface area contributed by atoms with E-state index >= 15 is 0 Å². The van der Waals surface area contributed by atoms with Crippen LogP contribution < -0.4 is 4.74 Å². The standard InChI is InChI=1S/C15H14O4S/c1-9(16)20-14(15(17)18)12-4-3-11-8-13(19-2)6-5-10(11)7-12/h3-8,14H,1-2H3,(H,17,18). The molecule has 2 rings (SSSR count). The summed E-state index contributed by atoms with van der Waals surface area (Å²) >= 11 is 0.814. The molecule has 2 aromatic carbocycles. The van der Waals surface area contributed by atoms with Crippen molar-refractivity contribution >= 4 is 33.6 Å². The molecule has 0 aliphatic heterocycles. The van der Waals surface area contributed by atoms with Gasteiger partial charge in [-0.3, -0.25) is 9.59 Å². The van der Waals surface area contributed by atoms with E-state index < -0.39 is 11.2 Å². The lowest BCUT2D eigenvalue weighted by atomic mass is 10.0. The first-order chi connectivity index (χ1) is 9.51. The molecular formula is C15H14O4S. The first-order valence-corrected chi connectivity index (χ1v) is 6.87. The van der Waals surface area contributed by atoms with Crippen LogP contribution in [0.3, 0.4) is 0 Å². The molecule has 104 valence electrons. The van der Waals surface area contributed by atoms with E-state index in [4.69, 9.17) is 4.74 Å². The van der Waals surface area contributed by atoms with Crippen LogP contribution in [0, 0.1) is 0 Å². The van der Waals surface area contributed by atoms with E-state index in [1.165, 1.54) is 6.92 Å². The number of hydrogen-bond donors (Lipinski definition) is 1. The quantitative estimate of drug-likeness (QED) is 0.936. The summed E-state index contributed by atoms with van der Waals surface area (Å²) in [4.78, 5) is 22.4. The lowest BCUT2D eigenvalue weighted by Gasteiger charge is -2.11. The maximum absolute atomic E-state index is 11.3. The minimum atomic E-state index is -1.02. The van der Waals surface area contributed by atoms with E-state index in [-0.39, 0.29) is 5.12 Å². The second-order valence-electron chi connectivity index (χ2n) is 4.30. The van der Waals surface area contributed by atoms with Gasteiger partial charge in [-0.1, -0.05) is 30.0 Å². The number of methoxy groups -OCH3 is 1. The first-order valence-electron chi connectivity index (χ1n) is 5.99. The Morgan fingerprint density at radius 3 is 2.40 bits per heavy atom. The maximum Gasteiger partial charge on any atom is 0.321 e. The van der Waals surface area contributed by atoms with Gasteiger partial charge in [0.1, 0.15) is 11.0 Å². The van der Waals surface area contributed by atoms with Gasteiger partial charge in [-0.15, -0.1) is 0 Å². The zero-order chi connectivity index (χ0) is 14.7. The van der Waals surface area contributed by atoms with E-state index in [2.05, 4.69) is 0 Å². The van der Waals surface area contributed by atoms with Gasteiger partial charge in [0.05, 0.1) is 7.11 Å². The largest absolute Gasteiger partial charge is 0.497 e. The highest BCUT2D eigenvalue weighted by molar-refractivity contribution is 8.14. The van der Waals surface area contributed by atoms with Crippen molar-refractivity contribution in [2.24, 2.45) is 0 Å². The first kappa shape index (κ1) is 14.4. The van der Waals surface area contributed by atoms with Gasteiger partial charge in [-0.25, -0.2) is 0 Å². The summed E-state index contributed by atoms with van der Waals surface area (Å²) in [7, 11) is 1.60. The second-order valence-corrected chi connectivity index (χ2v) is 5.58. The van der Waals surface area contributed by atoms with Crippen molar-refractivity contribution in [2.75, 3.05) is 7.11 Å². The molecule has 0 spiro atoms. The predicted molar refractivity (Wildman–Crippen MR) is 79.1 cm³/mol. The van der Waals surface area contributed by atoms with Crippen LogP contribution in [0.15, 0.2) is 36.4 Å². The van der Waals surface area contributed by atoms with E-state index in [9.17, 15) is 14.7 Å². The third kappa shape index (κ3) is 3.11. The minimum Gasteiger partial charge on any atom is -0.497 e. The monoisotopic (exact) mass is 290 g/mol. The number of fused-ring (bicyclic) bond motifs is 1. The van der Waals surface area contributed by atoms with Crippen molar-refractivity contribution in [1.29, 1.82) is 0 Å². The molecule has 2 aromatic rings. The Bertz CT molecular complexity index is 666. The molecule has 0 heterocycles. The van der Waals surface area contributed by atoms with E-state index in [1.54, 1.807) is 19.2 Å². The van der Waals surface area contributed by atoms with Crippen LogP contribution in [0.25, 0.3) is 10.8 Å². The van der Waals surface area contributed by atoms with Gasteiger partial charge in [-0.05, 0) is 34.5 Å². The molecule has 0 fully saturated rings. The highest BCUT2D eigenvalue weighted by atomic mass is 32.2. The number of ether oxygens (including phenoxy) is 1. The smallest absolute Gasteiger partial charge is 0.321 e. The van der Waals surface area contributed by atoms with Crippen molar-refractivity contribution in [3.63, 3.8) is 0 Å². The van der Waals surface area contributed by atoms with Crippen LogP contribution in [0.4, 0.5) is 0 Å². The van der Waals surface area contributed by atoms with E-state index in [0.717, 1.165) is 28.3 Å². The topological polar surface area (TPSA) is 63.6 Å². The molecule has 0 aliphatic rings. The van der Waals surface area contributed by atoms with Crippen LogP contribution in [0.2, 0.25) is 0 Å². The Morgan fingerprint density at radius 1 is 1.15 bits per heavy atom. The summed E-state index contributed by atoms with van der Waals surface area (Å²) in [6.45, 7) is 1.37. The van der Waals surface area contributed by atoms with Gasteiger partial charge < -0.3 is 9.84 Å². The molecule has 0 radical (unpaired) electrons. The average molecular weight is 290 g/mol. The number of rotatable bonds is 4. The summed E-state index contributed by atoms with van der Waals surface area (Å²) in [5.41, 5.74) is 0.607. The molecule has 0 bridgehead atoms. The van der Waals surface area contributed by atoms with Crippen molar-refractivity contribution in [1.82, 2.24) is 0 Å². The lowest BCUT2D eigenvalue weighted by molar-refractivity contribution is -0.136. The Balaban J connectivity index is 2.44. The number of carboxylic acids is 1. The summed E-state index contributed by atoms with van der Waals surface area (Å²) in [5, 5.41) is 10.0. The third-order valence-corrected chi connectivity index (χ3v) is 3.92. The summed E-state index contributed by atoms with van der Waals surface area (Å²) in [6.07, 6.45) is 0. The van der Waals surface area contributed by atoms with E-state index in [0.29, 0.717) is 5.56 Å². The maximum atomic E-state index is 11.3. The predicted octanol–water partition coefficient (Wildman–Crippen LogP) is 3.25. The van der Waals surface area contributed by atoms with Crippen LogP contribution in [-0.4, -0.2) is 23.3 Å². The molecule has 0 aliphatic carbocycles. The Labute approximate surface area is 120 Å². The Hall–Kier alpha value is -2.01. The van der Waals surface area contributed by atoms with Crippen molar-refractivity contribution in [3.8, 4) is 5.75 Å². The van der Waals surface area contributed by atoms with Crippen LogP contribution in [0.5, 0.6) is 5.75 Å². The number of benzene rings is 2. The summed E-state index contributed by atoms with van der Waals surface area (Å²) in [5.74, 6) is -0.267. The second kappa shape index (κ2) is 5.96. The molecule has 1 N–H and O–H groups in total. The molecule has 5 heteroatoms. The van der Waals surface area contributed by atoms with Crippen molar-refractivity contribution in [3.05, 3.63) is 42.0 Å². The van der Waals surface area contributed by atoms with Crippen molar-refractivity contribution < 1.29 is 19.4 Å². The number of thioether (sulfide) groups is 1. The zero-order valence-electron chi connectivity index (χ0n) is 11.1. The molecule has 0 saturated carbocycles. The molecule has 0 saturated heterocycles. The summed E-state index contributed by atoms with van der Waals surface area (Å²) in [6, 6.07) is 10.9. The van der Waals surface area contributed by atoms with Gasteiger partial charge in [-0.2, -0.15) is 0 Å².